The quantitative estimate of drug-likeness (QED) is 0.548. The molecule has 0 aliphatic rings. The fourth-order valence-electron chi connectivity index (χ4n) is 2.80. The summed E-state index contributed by atoms with van der Waals surface area (Å²) in [7, 11) is 1.74. The molecule has 146 valence electrons. The van der Waals surface area contributed by atoms with Crippen molar-refractivity contribution in [2.45, 2.75) is 25.7 Å². The number of fused-ring (bicyclic) bond motifs is 1. The molecule has 0 unspecified atom stereocenters. The first-order valence-corrected chi connectivity index (χ1v) is 9.90. The second-order valence-corrected chi connectivity index (χ2v) is 7.53. The minimum Gasteiger partial charge on any atom is -0.482 e. The molecule has 0 fully saturated rings. The van der Waals surface area contributed by atoms with Crippen LogP contribution in [0.1, 0.15) is 24.3 Å². The van der Waals surface area contributed by atoms with Crippen LogP contribution in [0.15, 0.2) is 48.5 Å². The molecule has 0 aliphatic carbocycles. The van der Waals surface area contributed by atoms with Gasteiger partial charge in [0, 0.05) is 19.2 Å². The average Bonchev–Trinajstić information content (AvgIpc) is 3.12. The van der Waals surface area contributed by atoms with Gasteiger partial charge in [-0.2, -0.15) is 0 Å². The van der Waals surface area contributed by atoms with E-state index in [1.54, 1.807) is 47.5 Å². The summed E-state index contributed by atoms with van der Waals surface area (Å²) in [6, 6.07) is 14.9. The van der Waals surface area contributed by atoms with Crippen molar-refractivity contribution in [2.24, 2.45) is 0 Å². The number of carbonyl (C=O) groups is 2. The molecule has 6 nitrogen and oxygen atoms in total. The summed E-state index contributed by atoms with van der Waals surface area (Å²) in [6.45, 7) is -0.386. The summed E-state index contributed by atoms with van der Waals surface area (Å²) < 4.78 is 6.30. The zero-order valence-electron chi connectivity index (χ0n) is 15.6. The van der Waals surface area contributed by atoms with Crippen LogP contribution in [0.5, 0.6) is 5.75 Å². The number of para-hydroxylation sites is 1. The van der Waals surface area contributed by atoms with E-state index in [0.717, 1.165) is 35.5 Å². The molecule has 3 rings (SSSR count). The van der Waals surface area contributed by atoms with E-state index >= 15 is 0 Å². The smallest absolute Gasteiger partial charge is 0.341 e. The normalized spacial score (nSPS) is 10.8. The van der Waals surface area contributed by atoms with Crippen LogP contribution in [0.25, 0.3) is 10.2 Å². The number of nitrogens with zero attached hydrogens (tertiary/aromatic N) is 2. The van der Waals surface area contributed by atoms with Gasteiger partial charge >= 0.3 is 5.97 Å². The number of hydrogen-bond donors (Lipinski definition) is 1. The van der Waals surface area contributed by atoms with Gasteiger partial charge in [0.25, 0.3) is 0 Å². The molecule has 0 bridgehead atoms. The molecule has 7 heteroatoms. The van der Waals surface area contributed by atoms with Gasteiger partial charge in [0.05, 0.1) is 15.2 Å². The fourth-order valence-corrected chi connectivity index (χ4v) is 3.81. The molecule has 0 aliphatic heterocycles. The number of aromatic nitrogens is 1. The number of aryl methyl sites for hydroxylation is 1. The van der Waals surface area contributed by atoms with E-state index in [-0.39, 0.29) is 12.5 Å². The first kappa shape index (κ1) is 19.8. The third-order valence-corrected chi connectivity index (χ3v) is 5.43. The molecule has 1 amide bonds. The minimum atomic E-state index is -1.03. The van der Waals surface area contributed by atoms with Gasteiger partial charge in [-0.25, -0.2) is 9.78 Å². The number of carboxylic acid groups (broad SMARTS) is 1. The lowest BCUT2D eigenvalue weighted by Gasteiger charge is -2.17. The first-order chi connectivity index (χ1) is 13.5. The Bertz CT molecular complexity index is 919. The topological polar surface area (TPSA) is 79.7 Å². The van der Waals surface area contributed by atoms with Crippen molar-refractivity contribution >= 4 is 39.1 Å². The number of rotatable bonds is 9. The van der Waals surface area contributed by atoms with Gasteiger partial charge in [-0.15, -0.1) is 11.3 Å². The summed E-state index contributed by atoms with van der Waals surface area (Å²) in [6.07, 6.45) is 3.07. The van der Waals surface area contributed by atoms with Gasteiger partial charge in [-0.05, 0) is 55.7 Å². The van der Waals surface area contributed by atoms with Gasteiger partial charge in [-0.3, -0.25) is 4.79 Å². The second-order valence-electron chi connectivity index (χ2n) is 6.41. The average molecular weight is 398 g/mol. The van der Waals surface area contributed by atoms with E-state index in [4.69, 9.17) is 9.84 Å². The monoisotopic (exact) mass is 398 g/mol. The third kappa shape index (κ3) is 5.29. The van der Waals surface area contributed by atoms with Gasteiger partial charge in [0.2, 0.25) is 5.91 Å². The van der Waals surface area contributed by atoms with Crippen LogP contribution in [0.2, 0.25) is 0 Å². The van der Waals surface area contributed by atoms with Crippen LogP contribution in [0, 0.1) is 0 Å². The zero-order chi connectivity index (χ0) is 19.9. The lowest BCUT2D eigenvalue weighted by Crippen LogP contribution is -2.25. The Morgan fingerprint density at radius 3 is 2.57 bits per heavy atom. The number of benzene rings is 2. The van der Waals surface area contributed by atoms with Crippen molar-refractivity contribution in [3.8, 4) is 5.75 Å². The maximum atomic E-state index is 12.4. The van der Waals surface area contributed by atoms with Crippen molar-refractivity contribution in [2.75, 3.05) is 18.6 Å². The fraction of sp³-hybridized carbons (Fsp3) is 0.286. The summed E-state index contributed by atoms with van der Waals surface area (Å²) in [5.41, 5.74) is 1.79. The summed E-state index contributed by atoms with van der Waals surface area (Å²) >= 11 is 1.71. The lowest BCUT2D eigenvalue weighted by atomic mass is 10.1. The van der Waals surface area contributed by atoms with Crippen LogP contribution >= 0.6 is 11.3 Å². The highest BCUT2D eigenvalue weighted by Gasteiger charge is 2.11. The Morgan fingerprint density at radius 2 is 1.86 bits per heavy atom. The number of anilines is 1. The third-order valence-electron chi connectivity index (χ3n) is 4.33. The highest BCUT2D eigenvalue weighted by atomic mass is 32.1. The SMILES string of the molecule is CN(C(=O)CCCCc1nc2ccccc2s1)c1ccc(OCC(=O)O)cc1. The zero-order valence-corrected chi connectivity index (χ0v) is 16.4. The van der Waals surface area contributed by atoms with Crippen molar-refractivity contribution in [3.63, 3.8) is 0 Å². The Labute approximate surface area is 167 Å². The molecule has 2 aromatic carbocycles. The van der Waals surface area contributed by atoms with E-state index in [9.17, 15) is 9.59 Å². The van der Waals surface area contributed by atoms with E-state index in [1.165, 1.54) is 4.70 Å². The van der Waals surface area contributed by atoms with Crippen LogP contribution in [-0.4, -0.2) is 35.6 Å². The lowest BCUT2D eigenvalue weighted by molar-refractivity contribution is -0.139. The molecular formula is C21H22N2O4S. The van der Waals surface area contributed by atoms with Crippen molar-refractivity contribution in [3.05, 3.63) is 53.5 Å². The van der Waals surface area contributed by atoms with Crippen LogP contribution in [0.3, 0.4) is 0 Å². The van der Waals surface area contributed by atoms with E-state index in [0.29, 0.717) is 12.2 Å². The minimum absolute atomic E-state index is 0.0449. The summed E-state index contributed by atoms with van der Waals surface area (Å²) in [4.78, 5) is 29.1. The van der Waals surface area contributed by atoms with Gasteiger partial charge < -0.3 is 14.7 Å². The number of thiazole rings is 1. The number of ether oxygens (including phenoxy) is 1. The van der Waals surface area contributed by atoms with Crippen molar-refractivity contribution < 1.29 is 19.4 Å². The molecule has 28 heavy (non-hydrogen) atoms. The first-order valence-electron chi connectivity index (χ1n) is 9.08. The standard InChI is InChI=1S/C21H22N2O4S/c1-23(15-10-12-16(13-11-15)27-14-21(25)26)20(24)9-5-4-8-19-22-17-6-2-3-7-18(17)28-19/h2-3,6-7,10-13H,4-5,8-9,14H2,1H3,(H,25,26). The number of amides is 1. The van der Waals surface area contributed by atoms with E-state index < -0.39 is 5.97 Å². The predicted molar refractivity (Wildman–Crippen MR) is 110 cm³/mol. The Hall–Kier alpha value is -2.93. The number of carbonyl (C=O) groups excluding carboxylic acids is 1. The molecule has 3 aromatic rings. The Balaban J connectivity index is 1.44. The molecular weight excluding hydrogens is 376 g/mol. The molecule has 0 radical (unpaired) electrons. The molecule has 1 N–H and O–H groups in total. The van der Waals surface area contributed by atoms with Gasteiger partial charge in [0.1, 0.15) is 5.75 Å². The number of hydrogen-bond acceptors (Lipinski definition) is 5. The molecule has 1 aromatic heterocycles. The van der Waals surface area contributed by atoms with Crippen LogP contribution in [-0.2, 0) is 16.0 Å². The van der Waals surface area contributed by atoms with Crippen molar-refractivity contribution in [1.82, 2.24) is 4.98 Å². The Kier molecular flexibility index (Phi) is 6.60. The molecule has 0 atom stereocenters. The molecule has 1 heterocycles. The van der Waals surface area contributed by atoms with Crippen LogP contribution in [0.4, 0.5) is 5.69 Å². The van der Waals surface area contributed by atoms with E-state index in [2.05, 4.69) is 11.1 Å². The van der Waals surface area contributed by atoms with Gasteiger partial charge in [0.15, 0.2) is 6.61 Å². The van der Waals surface area contributed by atoms with Gasteiger partial charge in [-0.1, -0.05) is 12.1 Å². The number of aliphatic carboxylic acids is 1. The number of unbranched alkanes of at least 4 members (excludes halogenated alkanes) is 1. The maximum absolute atomic E-state index is 12.4. The maximum Gasteiger partial charge on any atom is 0.341 e. The van der Waals surface area contributed by atoms with E-state index in [1.807, 2.05) is 18.2 Å². The predicted octanol–water partition coefficient (Wildman–Crippen LogP) is 4.14. The highest BCUT2D eigenvalue weighted by molar-refractivity contribution is 7.18. The van der Waals surface area contributed by atoms with Crippen LogP contribution < -0.4 is 9.64 Å². The summed E-state index contributed by atoms with van der Waals surface area (Å²) in [5.74, 6) is -0.520. The molecule has 0 saturated carbocycles. The van der Waals surface area contributed by atoms with Crippen molar-refractivity contribution in [1.29, 1.82) is 0 Å². The largest absolute Gasteiger partial charge is 0.482 e. The molecule has 0 spiro atoms. The number of carboxylic acids is 1. The molecule has 0 saturated heterocycles. The second kappa shape index (κ2) is 9.32. The highest BCUT2D eigenvalue weighted by Crippen LogP contribution is 2.23. The summed E-state index contributed by atoms with van der Waals surface area (Å²) in [5, 5.41) is 9.73. The Morgan fingerprint density at radius 1 is 1.11 bits per heavy atom.